The quantitative estimate of drug-likeness (QED) is 0.416. The third-order valence-electron chi connectivity index (χ3n) is 3.51. The van der Waals surface area contributed by atoms with Crippen LogP contribution >= 0.6 is 15.9 Å². The lowest BCUT2D eigenvalue weighted by Crippen LogP contribution is -2.04. The molecule has 0 amide bonds. The van der Waals surface area contributed by atoms with Crippen molar-refractivity contribution in [1.29, 1.82) is 0 Å². The first-order valence-corrected chi connectivity index (χ1v) is 8.49. The molecule has 0 unspecified atom stereocenters. The van der Waals surface area contributed by atoms with E-state index in [4.69, 9.17) is 18.0 Å². The number of carbonyl (C=O) groups is 1. The number of rotatable bonds is 5. The number of esters is 1. The minimum atomic E-state index is -0.691. The second-order valence-electron chi connectivity index (χ2n) is 5.35. The minimum absolute atomic E-state index is 0.00373. The zero-order chi connectivity index (χ0) is 18.8. The summed E-state index contributed by atoms with van der Waals surface area (Å²) in [5.41, 5.74) is 0.640. The van der Waals surface area contributed by atoms with E-state index in [1.54, 1.807) is 30.3 Å². The first-order chi connectivity index (χ1) is 13.1. The maximum Gasteiger partial charge on any atom is 0.374 e. The molecule has 1 aromatic carbocycles. The highest BCUT2D eigenvalue weighted by Crippen LogP contribution is 2.25. The van der Waals surface area contributed by atoms with Gasteiger partial charge >= 0.3 is 5.97 Å². The Morgan fingerprint density at radius 3 is 2.48 bits per heavy atom. The molecule has 0 aliphatic rings. The number of hydrogen-bond donors (Lipinski definition) is 0. The SMILES string of the molecule is O=C(OCc1nnc(-c2ccc(Br)o2)o1)c1ccc(-c2ccc(F)cc2)o1. The van der Waals surface area contributed by atoms with Gasteiger partial charge in [0.2, 0.25) is 5.76 Å². The van der Waals surface area contributed by atoms with Crippen LogP contribution in [-0.4, -0.2) is 16.2 Å². The molecule has 7 nitrogen and oxygen atoms in total. The Balaban J connectivity index is 1.40. The average molecular weight is 433 g/mol. The van der Waals surface area contributed by atoms with E-state index in [-0.39, 0.29) is 30.0 Å². The van der Waals surface area contributed by atoms with Gasteiger partial charge < -0.3 is 18.0 Å². The zero-order valence-corrected chi connectivity index (χ0v) is 15.1. The molecule has 0 radical (unpaired) electrons. The summed E-state index contributed by atoms with van der Waals surface area (Å²) in [6.45, 7) is -0.222. The van der Waals surface area contributed by atoms with Crippen molar-refractivity contribution in [3.05, 3.63) is 70.7 Å². The molecule has 4 rings (SSSR count). The Bertz CT molecular complexity index is 1080. The Hall–Kier alpha value is -3.20. The van der Waals surface area contributed by atoms with E-state index in [0.717, 1.165) is 0 Å². The van der Waals surface area contributed by atoms with Crippen LogP contribution in [0.25, 0.3) is 23.0 Å². The van der Waals surface area contributed by atoms with Crippen LogP contribution in [0.5, 0.6) is 0 Å². The maximum absolute atomic E-state index is 13.0. The molecule has 9 heteroatoms. The second-order valence-corrected chi connectivity index (χ2v) is 6.13. The lowest BCUT2D eigenvalue weighted by atomic mass is 10.2. The number of ether oxygens (including phenoxy) is 1. The van der Waals surface area contributed by atoms with Gasteiger partial charge in [-0.25, -0.2) is 9.18 Å². The van der Waals surface area contributed by atoms with Crippen molar-refractivity contribution in [2.75, 3.05) is 0 Å². The molecule has 0 bridgehead atoms. The number of furan rings is 2. The summed E-state index contributed by atoms with van der Waals surface area (Å²) < 4.78 is 34.7. The summed E-state index contributed by atoms with van der Waals surface area (Å²) in [4.78, 5) is 12.1. The van der Waals surface area contributed by atoms with Crippen LogP contribution in [0.4, 0.5) is 4.39 Å². The third kappa shape index (κ3) is 3.82. The van der Waals surface area contributed by atoms with Gasteiger partial charge in [-0.15, -0.1) is 10.2 Å². The van der Waals surface area contributed by atoms with E-state index in [1.165, 1.54) is 18.2 Å². The Kier molecular flexibility index (Phi) is 4.59. The number of benzene rings is 1. The molecule has 4 aromatic rings. The topological polar surface area (TPSA) is 91.5 Å². The smallest absolute Gasteiger partial charge is 0.374 e. The molecule has 3 aromatic heterocycles. The van der Waals surface area contributed by atoms with E-state index in [1.807, 2.05) is 0 Å². The summed E-state index contributed by atoms with van der Waals surface area (Å²) >= 11 is 3.18. The van der Waals surface area contributed by atoms with Crippen molar-refractivity contribution in [1.82, 2.24) is 10.2 Å². The summed E-state index contributed by atoms with van der Waals surface area (Å²) in [5.74, 6) is 0.0468. The van der Waals surface area contributed by atoms with Crippen molar-refractivity contribution in [3.8, 4) is 23.0 Å². The first-order valence-electron chi connectivity index (χ1n) is 7.69. The van der Waals surface area contributed by atoms with Crippen molar-refractivity contribution < 1.29 is 27.2 Å². The van der Waals surface area contributed by atoms with E-state index >= 15 is 0 Å². The fourth-order valence-corrected chi connectivity index (χ4v) is 2.56. The van der Waals surface area contributed by atoms with Crippen LogP contribution in [0.2, 0.25) is 0 Å². The van der Waals surface area contributed by atoms with Crippen molar-refractivity contribution in [3.63, 3.8) is 0 Å². The van der Waals surface area contributed by atoms with Gasteiger partial charge in [-0.1, -0.05) is 0 Å². The number of halogens is 2. The molecule has 0 fully saturated rings. The van der Waals surface area contributed by atoms with Crippen LogP contribution in [0, 0.1) is 5.82 Å². The van der Waals surface area contributed by atoms with Gasteiger partial charge in [-0.05, 0) is 64.5 Å². The second kappa shape index (κ2) is 7.20. The lowest BCUT2D eigenvalue weighted by Gasteiger charge is -1.99. The summed E-state index contributed by atoms with van der Waals surface area (Å²) in [7, 11) is 0. The van der Waals surface area contributed by atoms with Crippen LogP contribution in [-0.2, 0) is 11.3 Å². The Morgan fingerprint density at radius 2 is 1.74 bits per heavy atom. The molecule has 0 N–H and O–H groups in total. The molecule has 136 valence electrons. The maximum atomic E-state index is 13.0. The van der Waals surface area contributed by atoms with Crippen molar-refractivity contribution in [2.24, 2.45) is 0 Å². The molecule has 0 aliphatic heterocycles. The van der Waals surface area contributed by atoms with Gasteiger partial charge in [0.15, 0.2) is 17.0 Å². The van der Waals surface area contributed by atoms with Crippen molar-refractivity contribution >= 4 is 21.9 Å². The van der Waals surface area contributed by atoms with E-state index in [9.17, 15) is 9.18 Å². The molecule has 0 saturated carbocycles. The van der Waals surface area contributed by atoms with Gasteiger partial charge in [-0.2, -0.15) is 0 Å². The summed E-state index contributed by atoms with van der Waals surface area (Å²) in [6.07, 6.45) is 0. The standard InChI is InChI=1S/C18H10BrFN2O5/c19-15-8-7-13(26-15)17-22-21-16(27-17)9-24-18(23)14-6-5-12(25-14)10-1-3-11(20)4-2-10/h1-8H,9H2. The normalized spacial score (nSPS) is 10.9. The molecule has 27 heavy (non-hydrogen) atoms. The van der Waals surface area contributed by atoms with Gasteiger partial charge in [0.1, 0.15) is 11.6 Å². The van der Waals surface area contributed by atoms with Gasteiger partial charge in [0, 0.05) is 5.56 Å². The number of carbonyl (C=O) groups excluding carboxylic acids is 1. The highest BCUT2D eigenvalue weighted by molar-refractivity contribution is 9.10. The highest BCUT2D eigenvalue weighted by Gasteiger charge is 2.17. The van der Waals surface area contributed by atoms with Crippen LogP contribution in [0.3, 0.4) is 0 Å². The molecular formula is C18H10BrFN2O5. The average Bonchev–Trinajstić information content (AvgIpc) is 3.40. The monoisotopic (exact) mass is 432 g/mol. The van der Waals surface area contributed by atoms with Gasteiger partial charge in [0.25, 0.3) is 11.8 Å². The Labute approximate surface area is 159 Å². The lowest BCUT2D eigenvalue weighted by molar-refractivity contribution is 0.0403. The predicted octanol–water partition coefficient (Wildman–Crippen LogP) is 4.85. The zero-order valence-electron chi connectivity index (χ0n) is 13.5. The fourth-order valence-electron chi connectivity index (χ4n) is 2.26. The van der Waals surface area contributed by atoms with Gasteiger partial charge in [-0.3, -0.25) is 0 Å². The van der Waals surface area contributed by atoms with E-state index < -0.39 is 5.97 Å². The largest absolute Gasteiger partial charge is 0.450 e. The molecule has 0 aliphatic carbocycles. The van der Waals surface area contributed by atoms with Gasteiger partial charge in [0.05, 0.1) is 0 Å². The third-order valence-corrected chi connectivity index (χ3v) is 3.94. The molecule has 0 spiro atoms. The van der Waals surface area contributed by atoms with Crippen LogP contribution in [0.1, 0.15) is 16.4 Å². The number of aromatic nitrogens is 2. The van der Waals surface area contributed by atoms with E-state index in [2.05, 4.69) is 26.1 Å². The summed E-state index contributed by atoms with van der Waals surface area (Å²) in [6, 6.07) is 12.1. The van der Waals surface area contributed by atoms with Crippen LogP contribution < -0.4 is 0 Å². The Morgan fingerprint density at radius 1 is 0.963 bits per heavy atom. The van der Waals surface area contributed by atoms with Crippen molar-refractivity contribution in [2.45, 2.75) is 6.61 Å². The number of hydrogen-bond acceptors (Lipinski definition) is 7. The van der Waals surface area contributed by atoms with Crippen LogP contribution in [0.15, 0.2) is 66.5 Å². The first kappa shape index (κ1) is 17.2. The molecule has 0 atom stereocenters. The molecule has 0 saturated heterocycles. The minimum Gasteiger partial charge on any atom is -0.450 e. The molecule has 3 heterocycles. The highest BCUT2D eigenvalue weighted by atomic mass is 79.9. The molecular weight excluding hydrogens is 423 g/mol. The van der Waals surface area contributed by atoms with E-state index in [0.29, 0.717) is 21.8 Å². The predicted molar refractivity (Wildman–Crippen MR) is 92.9 cm³/mol. The summed E-state index contributed by atoms with van der Waals surface area (Å²) in [5, 5.41) is 7.62. The number of nitrogens with zero attached hydrogens (tertiary/aromatic N) is 2. The fraction of sp³-hybridized carbons (Fsp3) is 0.0556.